The summed E-state index contributed by atoms with van der Waals surface area (Å²) in [4.78, 5) is 21.1. The molecule has 5 atom stereocenters. The summed E-state index contributed by atoms with van der Waals surface area (Å²) in [6, 6.07) is 2.96. The van der Waals surface area contributed by atoms with Crippen LogP contribution in [0.5, 0.6) is 0 Å². The van der Waals surface area contributed by atoms with Crippen LogP contribution in [0.1, 0.15) is 10.4 Å². The lowest BCUT2D eigenvalue weighted by Gasteiger charge is -2.40. The number of nitrogens with zero attached hydrogens (tertiary/aromatic N) is 1. The van der Waals surface area contributed by atoms with Gasteiger partial charge in [-0.15, -0.1) is 0 Å². The van der Waals surface area contributed by atoms with Gasteiger partial charge in [0.1, 0.15) is 24.4 Å². The first-order chi connectivity index (χ1) is 11.2. The molecule has 0 saturated carbocycles. The predicted octanol–water partition coefficient (Wildman–Crippen LogP) is -1.50. The van der Waals surface area contributed by atoms with Crippen molar-refractivity contribution in [1.29, 1.82) is 0 Å². The summed E-state index contributed by atoms with van der Waals surface area (Å²) in [7, 11) is 0. The molecule has 0 aromatic heterocycles. The number of anilines is 1. The number of non-ortho nitro benzene ring substituents is 1. The van der Waals surface area contributed by atoms with E-state index in [9.17, 15) is 30.2 Å². The van der Waals surface area contributed by atoms with Crippen molar-refractivity contribution in [3.8, 4) is 0 Å². The van der Waals surface area contributed by atoms with E-state index < -0.39 is 53.8 Å². The zero-order valence-corrected chi connectivity index (χ0v) is 12.1. The summed E-state index contributed by atoms with van der Waals surface area (Å²) in [5, 5.41) is 60.8. The molecule has 11 heteroatoms. The van der Waals surface area contributed by atoms with Crippen LogP contribution >= 0.6 is 0 Å². The third-order valence-electron chi connectivity index (χ3n) is 3.58. The Morgan fingerprint density at radius 3 is 2.42 bits per heavy atom. The van der Waals surface area contributed by atoms with Gasteiger partial charge in [0, 0.05) is 17.8 Å². The quantitative estimate of drug-likeness (QED) is 0.271. The number of rotatable bonds is 5. The van der Waals surface area contributed by atoms with Crippen molar-refractivity contribution in [1.82, 2.24) is 0 Å². The number of nitrogens with one attached hydrogen (secondary N) is 1. The average Bonchev–Trinajstić information content (AvgIpc) is 2.55. The maximum Gasteiger partial charge on any atom is 0.336 e. The van der Waals surface area contributed by atoms with Gasteiger partial charge in [0.05, 0.1) is 17.1 Å². The Morgan fingerprint density at radius 1 is 1.21 bits per heavy atom. The van der Waals surface area contributed by atoms with Crippen LogP contribution in [-0.2, 0) is 4.74 Å². The molecule has 24 heavy (non-hydrogen) atoms. The molecule has 11 nitrogen and oxygen atoms in total. The lowest BCUT2D eigenvalue weighted by molar-refractivity contribution is -0.384. The van der Waals surface area contributed by atoms with Gasteiger partial charge in [-0.25, -0.2) is 4.79 Å². The molecule has 0 unspecified atom stereocenters. The molecule has 1 saturated heterocycles. The fourth-order valence-electron chi connectivity index (χ4n) is 2.31. The second-order valence-corrected chi connectivity index (χ2v) is 5.22. The Labute approximate surface area is 134 Å². The topological polar surface area (TPSA) is 183 Å². The Kier molecular flexibility index (Phi) is 5.31. The molecule has 0 bridgehead atoms. The van der Waals surface area contributed by atoms with Crippen molar-refractivity contribution >= 4 is 17.3 Å². The largest absolute Gasteiger partial charge is 0.478 e. The molecule has 1 aliphatic heterocycles. The number of aliphatic hydroxyl groups is 4. The van der Waals surface area contributed by atoms with Crippen LogP contribution in [0.15, 0.2) is 18.2 Å². The highest BCUT2D eigenvalue weighted by Gasteiger charge is 2.43. The summed E-state index contributed by atoms with van der Waals surface area (Å²) in [6.45, 7) is -0.640. The molecule has 1 heterocycles. The molecule has 6 N–H and O–H groups in total. The highest BCUT2D eigenvalue weighted by atomic mass is 16.6. The Bertz CT molecular complexity index is 604. The Hall–Kier alpha value is -2.31. The predicted molar refractivity (Wildman–Crippen MR) is 77.4 cm³/mol. The number of carboxylic acids is 1. The zero-order chi connectivity index (χ0) is 18.0. The summed E-state index contributed by atoms with van der Waals surface area (Å²) >= 11 is 0. The maximum atomic E-state index is 11.0. The summed E-state index contributed by atoms with van der Waals surface area (Å²) < 4.78 is 5.20. The summed E-state index contributed by atoms with van der Waals surface area (Å²) in [5.41, 5.74) is -0.913. The van der Waals surface area contributed by atoms with Gasteiger partial charge in [0.2, 0.25) is 0 Å². The standard InChI is InChI=1S/C13H16N2O9/c16-4-8-9(17)10(18)11(19)12(24-8)14-6-1-5(13(20)21)2-7(3-6)15(22)23/h1-3,8-12,14,16-19H,4H2,(H,20,21)/t8-,9+,10+,11+,12+/m0/s1. The van der Waals surface area contributed by atoms with E-state index in [1.165, 1.54) is 0 Å². The first-order valence-corrected chi connectivity index (χ1v) is 6.84. The highest BCUT2D eigenvalue weighted by Crippen LogP contribution is 2.26. The van der Waals surface area contributed by atoms with E-state index in [1.54, 1.807) is 0 Å². The lowest BCUT2D eigenvalue weighted by atomic mass is 9.98. The number of hydrogen-bond acceptors (Lipinski definition) is 9. The molecule has 0 amide bonds. The van der Waals surface area contributed by atoms with E-state index in [4.69, 9.17) is 14.9 Å². The van der Waals surface area contributed by atoms with E-state index in [2.05, 4.69) is 5.32 Å². The van der Waals surface area contributed by atoms with Crippen LogP contribution in [0, 0.1) is 10.1 Å². The van der Waals surface area contributed by atoms with Crippen molar-refractivity contribution in [2.24, 2.45) is 0 Å². The Morgan fingerprint density at radius 2 is 1.88 bits per heavy atom. The van der Waals surface area contributed by atoms with E-state index >= 15 is 0 Å². The van der Waals surface area contributed by atoms with Gasteiger partial charge in [0.25, 0.3) is 5.69 Å². The number of ether oxygens (including phenoxy) is 1. The molecule has 1 aromatic carbocycles. The van der Waals surface area contributed by atoms with Crippen LogP contribution < -0.4 is 5.32 Å². The smallest absolute Gasteiger partial charge is 0.336 e. The maximum absolute atomic E-state index is 11.0. The molecule has 1 aromatic rings. The molecule has 0 aliphatic carbocycles. The number of nitro groups is 1. The fraction of sp³-hybridized carbons (Fsp3) is 0.462. The van der Waals surface area contributed by atoms with E-state index in [0.29, 0.717) is 0 Å². The number of aliphatic hydroxyl groups excluding tert-OH is 4. The molecule has 132 valence electrons. The lowest BCUT2D eigenvalue weighted by Crippen LogP contribution is -2.60. The van der Waals surface area contributed by atoms with Gasteiger partial charge in [-0.1, -0.05) is 0 Å². The third-order valence-corrected chi connectivity index (χ3v) is 3.58. The van der Waals surface area contributed by atoms with Crippen LogP contribution in [0.25, 0.3) is 0 Å². The molecule has 0 radical (unpaired) electrons. The van der Waals surface area contributed by atoms with E-state index in [-0.39, 0.29) is 11.3 Å². The van der Waals surface area contributed by atoms with Gasteiger partial charge >= 0.3 is 5.97 Å². The van der Waals surface area contributed by atoms with Crippen molar-refractivity contribution in [2.45, 2.75) is 30.6 Å². The van der Waals surface area contributed by atoms with Gasteiger partial charge < -0.3 is 35.6 Å². The third kappa shape index (κ3) is 3.60. The normalized spacial score (nSPS) is 29.9. The average molecular weight is 344 g/mol. The molecule has 1 aliphatic rings. The van der Waals surface area contributed by atoms with E-state index in [1.807, 2.05) is 0 Å². The van der Waals surface area contributed by atoms with E-state index in [0.717, 1.165) is 18.2 Å². The second-order valence-electron chi connectivity index (χ2n) is 5.22. The minimum absolute atomic E-state index is 0.0501. The minimum Gasteiger partial charge on any atom is -0.478 e. The van der Waals surface area contributed by atoms with Crippen molar-refractivity contribution < 1.29 is 40.0 Å². The number of carbonyl (C=O) groups is 1. The second kappa shape index (κ2) is 7.07. The van der Waals surface area contributed by atoms with Gasteiger partial charge in [-0.3, -0.25) is 10.1 Å². The van der Waals surface area contributed by atoms with Crippen LogP contribution in [-0.4, -0.2) is 73.7 Å². The first-order valence-electron chi connectivity index (χ1n) is 6.84. The molecular formula is C13H16N2O9. The van der Waals surface area contributed by atoms with Gasteiger partial charge in [-0.05, 0) is 6.07 Å². The summed E-state index contributed by atoms with van der Waals surface area (Å²) in [6.07, 6.45) is -7.30. The van der Waals surface area contributed by atoms with Crippen LogP contribution in [0.4, 0.5) is 11.4 Å². The number of hydrogen-bond donors (Lipinski definition) is 6. The van der Waals surface area contributed by atoms with Crippen molar-refractivity contribution in [3.05, 3.63) is 33.9 Å². The monoisotopic (exact) mass is 344 g/mol. The molecule has 0 spiro atoms. The number of benzene rings is 1. The number of aromatic carboxylic acids is 1. The van der Waals surface area contributed by atoms with Crippen molar-refractivity contribution in [3.63, 3.8) is 0 Å². The minimum atomic E-state index is -1.63. The number of carboxylic acid groups (broad SMARTS) is 1. The van der Waals surface area contributed by atoms with Gasteiger partial charge in [-0.2, -0.15) is 0 Å². The zero-order valence-electron chi connectivity index (χ0n) is 12.1. The van der Waals surface area contributed by atoms with Gasteiger partial charge in [0.15, 0.2) is 6.23 Å². The first kappa shape index (κ1) is 18.0. The Balaban J connectivity index is 2.29. The van der Waals surface area contributed by atoms with Crippen LogP contribution in [0.3, 0.4) is 0 Å². The fourth-order valence-corrected chi connectivity index (χ4v) is 2.31. The highest BCUT2D eigenvalue weighted by molar-refractivity contribution is 5.90. The molecular weight excluding hydrogens is 328 g/mol. The molecule has 2 rings (SSSR count). The van der Waals surface area contributed by atoms with Crippen LogP contribution in [0.2, 0.25) is 0 Å². The SMILES string of the molecule is O=C(O)c1cc(N[C@@H]2O[C@@H](CO)[C@@H](O)[C@@H](O)[C@H]2O)cc([N+](=O)[O-])c1. The number of nitro benzene ring substituents is 1. The summed E-state index contributed by atoms with van der Waals surface area (Å²) in [5.74, 6) is -1.39. The van der Waals surface area contributed by atoms with Crippen molar-refractivity contribution in [2.75, 3.05) is 11.9 Å². The molecule has 1 fully saturated rings.